The van der Waals surface area contributed by atoms with E-state index in [9.17, 15) is 14.7 Å². The van der Waals surface area contributed by atoms with Crippen LogP contribution in [-0.4, -0.2) is 30.9 Å². The number of benzene rings is 1. The zero-order valence-corrected chi connectivity index (χ0v) is 11.6. The Bertz CT molecular complexity index is 505. The van der Waals surface area contributed by atoms with Crippen LogP contribution in [0.4, 0.5) is 0 Å². The first-order valence-electron chi connectivity index (χ1n) is 6.06. The normalized spacial score (nSPS) is 10.1. The molecular formula is C14H18O5. The van der Waals surface area contributed by atoms with E-state index in [-0.39, 0.29) is 52.8 Å². The van der Waals surface area contributed by atoms with Crippen molar-refractivity contribution in [2.24, 2.45) is 0 Å². The molecule has 0 heterocycles. The molecule has 5 heteroatoms. The number of rotatable bonds is 6. The van der Waals surface area contributed by atoms with Crippen LogP contribution >= 0.6 is 0 Å². The summed E-state index contributed by atoms with van der Waals surface area (Å²) in [5.74, 6) is -0.460. The van der Waals surface area contributed by atoms with Gasteiger partial charge in [-0.1, -0.05) is 13.8 Å². The maximum atomic E-state index is 12.0. The van der Waals surface area contributed by atoms with Crippen molar-refractivity contribution in [2.45, 2.75) is 26.7 Å². The minimum absolute atomic E-state index is 0.0302. The minimum Gasteiger partial charge on any atom is -0.507 e. The van der Waals surface area contributed by atoms with Crippen LogP contribution in [0.5, 0.6) is 17.2 Å². The number of hydrogen-bond donors (Lipinski definition) is 1. The molecule has 0 aliphatic rings. The fourth-order valence-electron chi connectivity index (χ4n) is 1.87. The number of phenols is 1. The van der Waals surface area contributed by atoms with Crippen LogP contribution in [0.3, 0.4) is 0 Å². The smallest absolute Gasteiger partial charge is 0.170 e. The van der Waals surface area contributed by atoms with Gasteiger partial charge in [-0.25, -0.2) is 0 Å². The van der Waals surface area contributed by atoms with Crippen molar-refractivity contribution < 1.29 is 24.2 Å². The fraction of sp³-hybridized carbons (Fsp3) is 0.429. The standard InChI is InChI=1S/C14H18O5/c1-5-8(15)12-10(17)7-11(18-3)13(9(16)6-2)14(12)19-4/h7,17H,5-6H2,1-4H3. The van der Waals surface area contributed by atoms with Crippen LogP contribution in [0.1, 0.15) is 47.4 Å². The van der Waals surface area contributed by atoms with Gasteiger partial charge >= 0.3 is 0 Å². The molecule has 0 aliphatic heterocycles. The molecule has 0 aliphatic carbocycles. The molecule has 0 saturated carbocycles. The van der Waals surface area contributed by atoms with Gasteiger partial charge < -0.3 is 14.6 Å². The average Bonchev–Trinajstić information content (AvgIpc) is 2.43. The summed E-state index contributed by atoms with van der Waals surface area (Å²) in [5.41, 5.74) is 0.227. The number of Topliss-reactive ketones (excluding diaryl/α,β-unsaturated/α-hetero) is 2. The molecular weight excluding hydrogens is 248 g/mol. The molecule has 0 unspecified atom stereocenters. The summed E-state index contributed by atoms with van der Waals surface area (Å²) < 4.78 is 10.3. The van der Waals surface area contributed by atoms with E-state index in [4.69, 9.17) is 9.47 Å². The quantitative estimate of drug-likeness (QED) is 0.801. The van der Waals surface area contributed by atoms with Crippen molar-refractivity contribution in [1.29, 1.82) is 0 Å². The van der Waals surface area contributed by atoms with Gasteiger partial charge in [-0.05, 0) is 0 Å². The monoisotopic (exact) mass is 266 g/mol. The zero-order chi connectivity index (χ0) is 14.6. The maximum absolute atomic E-state index is 12.0. The average molecular weight is 266 g/mol. The molecule has 0 saturated heterocycles. The van der Waals surface area contributed by atoms with E-state index in [0.717, 1.165) is 0 Å². The van der Waals surface area contributed by atoms with Gasteiger partial charge in [0.05, 0.1) is 14.2 Å². The van der Waals surface area contributed by atoms with Gasteiger partial charge in [0.25, 0.3) is 0 Å². The van der Waals surface area contributed by atoms with Gasteiger partial charge in [-0.3, -0.25) is 9.59 Å². The lowest BCUT2D eigenvalue weighted by Crippen LogP contribution is -2.09. The summed E-state index contributed by atoms with van der Waals surface area (Å²) >= 11 is 0. The molecule has 0 amide bonds. The van der Waals surface area contributed by atoms with Crippen LogP contribution in [0.25, 0.3) is 0 Å². The Labute approximate surface area is 112 Å². The molecule has 0 radical (unpaired) electrons. The van der Waals surface area contributed by atoms with Crippen molar-refractivity contribution in [1.82, 2.24) is 0 Å². The van der Waals surface area contributed by atoms with E-state index in [1.807, 2.05) is 0 Å². The number of ether oxygens (including phenoxy) is 2. The summed E-state index contributed by atoms with van der Waals surface area (Å²) in [6.45, 7) is 3.38. The van der Waals surface area contributed by atoms with Crippen LogP contribution in [0.2, 0.25) is 0 Å². The Morgan fingerprint density at radius 3 is 2.00 bits per heavy atom. The number of hydrogen-bond acceptors (Lipinski definition) is 5. The molecule has 0 bridgehead atoms. The largest absolute Gasteiger partial charge is 0.507 e. The van der Waals surface area contributed by atoms with Gasteiger partial charge in [0.1, 0.15) is 28.4 Å². The number of phenolic OH excluding ortho intramolecular Hbond substituents is 1. The highest BCUT2D eigenvalue weighted by molar-refractivity contribution is 6.08. The topological polar surface area (TPSA) is 72.8 Å². The van der Waals surface area contributed by atoms with Gasteiger partial charge in [-0.2, -0.15) is 0 Å². The van der Waals surface area contributed by atoms with Crippen molar-refractivity contribution in [2.75, 3.05) is 14.2 Å². The van der Waals surface area contributed by atoms with Gasteiger partial charge in [0.15, 0.2) is 11.6 Å². The summed E-state index contributed by atoms with van der Waals surface area (Å²) in [6.07, 6.45) is 0.452. The van der Waals surface area contributed by atoms with Crippen molar-refractivity contribution in [3.8, 4) is 17.2 Å². The van der Waals surface area contributed by atoms with Crippen molar-refractivity contribution >= 4 is 11.6 Å². The lowest BCUT2D eigenvalue weighted by Gasteiger charge is -2.16. The fourth-order valence-corrected chi connectivity index (χ4v) is 1.87. The first-order chi connectivity index (χ1) is 9.01. The molecule has 0 fully saturated rings. The number of carbonyl (C=O) groups is 2. The van der Waals surface area contributed by atoms with E-state index in [1.165, 1.54) is 20.3 Å². The summed E-state index contributed by atoms with van der Waals surface area (Å²) in [6, 6.07) is 1.27. The predicted octanol–water partition coefficient (Wildman–Crippen LogP) is 2.59. The molecule has 1 aromatic rings. The van der Waals surface area contributed by atoms with Gasteiger partial charge in [0, 0.05) is 18.9 Å². The molecule has 104 valence electrons. The molecule has 0 atom stereocenters. The highest BCUT2D eigenvalue weighted by Gasteiger charge is 2.26. The zero-order valence-electron chi connectivity index (χ0n) is 11.6. The van der Waals surface area contributed by atoms with Gasteiger partial charge in [-0.15, -0.1) is 0 Å². The number of methoxy groups -OCH3 is 2. The third-order valence-electron chi connectivity index (χ3n) is 2.85. The Kier molecular flexibility index (Phi) is 4.92. The lowest BCUT2D eigenvalue weighted by molar-refractivity contribution is 0.0979. The van der Waals surface area contributed by atoms with E-state index in [2.05, 4.69) is 0 Å². The van der Waals surface area contributed by atoms with Crippen LogP contribution in [0.15, 0.2) is 6.07 Å². The highest BCUT2D eigenvalue weighted by Crippen LogP contribution is 2.39. The first kappa shape index (κ1) is 15.0. The SMILES string of the molecule is CCC(=O)c1c(O)cc(OC)c(C(=O)CC)c1OC. The van der Waals surface area contributed by atoms with E-state index >= 15 is 0 Å². The second kappa shape index (κ2) is 6.22. The van der Waals surface area contributed by atoms with Crippen LogP contribution in [0, 0.1) is 0 Å². The summed E-state index contributed by atoms with van der Waals surface area (Å²) in [7, 11) is 2.75. The number of ketones is 2. The molecule has 5 nitrogen and oxygen atoms in total. The lowest BCUT2D eigenvalue weighted by atomic mass is 9.98. The molecule has 1 rings (SSSR count). The van der Waals surface area contributed by atoms with Crippen LogP contribution in [-0.2, 0) is 0 Å². The van der Waals surface area contributed by atoms with E-state index in [0.29, 0.717) is 0 Å². The minimum atomic E-state index is -0.290. The third kappa shape index (κ3) is 2.70. The molecule has 1 N–H and O–H groups in total. The van der Waals surface area contributed by atoms with E-state index < -0.39 is 0 Å². The molecule has 0 spiro atoms. The van der Waals surface area contributed by atoms with Gasteiger partial charge in [0.2, 0.25) is 0 Å². The maximum Gasteiger partial charge on any atom is 0.170 e. The molecule has 19 heavy (non-hydrogen) atoms. The number of aromatic hydroxyl groups is 1. The van der Waals surface area contributed by atoms with E-state index in [1.54, 1.807) is 13.8 Å². The number of carbonyl (C=O) groups excluding carboxylic acids is 2. The predicted molar refractivity (Wildman–Crippen MR) is 70.5 cm³/mol. The van der Waals surface area contributed by atoms with Crippen molar-refractivity contribution in [3.63, 3.8) is 0 Å². The van der Waals surface area contributed by atoms with Crippen LogP contribution < -0.4 is 9.47 Å². The second-order valence-electron chi connectivity index (χ2n) is 3.93. The Morgan fingerprint density at radius 1 is 1.05 bits per heavy atom. The Hall–Kier alpha value is -2.04. The summed E-state index contributed by atoms with van der Waals surface area (Å²) in [4.78, 5) is 23.9. The Balaban J connectivity index is 3.67. The Morgan fingerprint density at radius 2 is 1.58 bits per heavy atom. The second-order valence-corrected chi connectivity index (χ2v) is 3.93. The molecule has 0 aromatic heterocycles. The first-order valence-corrected chi connectivity index (χ1v) is 6.06. The summed E-state index contributed by atoms with van der Waals surface area (Å²) in [5, 5.41) is 9.92. The highest BCUT2D eigenvalue weighted by atomic mass is 16.5. The van der Waals surface area contributed by atoms with Crippen molar-refractivity contribution in [3.05, 3.63) is 17.2 Å². The molecule has 1 aromatic carbocycles. The third-order valence-corrected chi connectivity index (χ3v) is 2.85.